The van der Waals surface area contributed by atoms with E-state index < -0.39 is 0 Å². The summed E-state index contributed by atoms with van der Waals surface area (Å²) in [4.78, 5) is 19.5. The van der Waals surface area contributed by atoms with Crippen molar-refractivity contribution in [2.45, 2.75) is 38.9 Å². The Balaban J connectivity index is 1.51. The van der Waals surface area contributed by atoms with Crippen molar-refractivity contribution in [2.24, 2.45) is 5.92 Å². The lowest BCUT2D eigenvalue weighted by molar-refractivity contribution is -0.0956. The molecule has 0 saturated carbocycles. The molecule has 0 aromatic carbocycles. The second-order valence-electron chi connectivity index (χ2n) is 7.44. The summed E-state index contributed by atoms with van der Waals surface area (Å²) in [5.41, 5.74) is 1.57. The summed E-state index contributed by atoms with van der Waals surface area (Å²) in [7, 11) is 0. The molecule has 2 aromatic heterocycles. The zero-order chi connectivity index (χ0) is 18.8. The Morgan fingerprint density at radius 3 is 2.56 bits per heavy atom. The van der Waals surface area contributed by atoms with E-state index in [-0.39, 0.29) is 18.1 Å². The molecule has 7 nitrogen and oxygen atoms in total. The van der Waals surface area contributed by atoms with Crippen LogP contribution < -0.4 is 0 Å². The van der Waals surface area contributed by atoms with Crippen LogP contribution in [0.15, 0.2) is 30.6 Å². The standard InChI is InChI=1S/C20H26N4O3/c1-14(2)18-16(13-22-24(18)17-5-3-4-8-21-17)19(25)23-9-6-15(7-10-23)20-26-11-12-27-20/h3-5,8,13-15,20H,6-7,9-12H2,1-2H3. The van der Waals surface area contributed by atoms with Gasteiger partial charge in [-0.1, -0.05) is 19.9 Å². The van der Waals surface area contributed by atoms with Crippen LogP contribution in [0.25, 0.3) is 5.82 Å². The first-order valence-electron chi connectivity index (χ1n) is 9.67. The third kappa shape index (κ3) is 3.61. The maximum Gasteiger partial charge on any atom is 0.257 e. The number of nitrogens with zero attached hydrogens (tertiary/aromatic N) is 4. The van der Waals surface area contributed by atoms with Crippen molar-refractivity contribution < 1.29 is 14.3 Å². The molecule has 0 atom stereocenters. The molecule has 0 radical (unpaired) electrons. The highest BCUT2D eigenvalue weighted by Crippen LogP contribution is 2.28. The van der Waals surface area contributed by atoms with Crippen LogP contribution in [0, 0.1) is 5.92 Å². The summed E-state index contributed by atoms with van der Waals surface area (Å²) in [6.07, 6.45) is 5.13. The van der Waals surface area contributed by atoms with Gasteiger partial charge in [-0.15, -0.1) is 0 Å². The molecule has 0 spiro atoms. The van der Waals surface area contributed by atoms with E-state index >= 15 is 0 Å². The number of amides is 1. The summed E-state index contributed by atoms with van der Waals surface area (Å²) in [5, 5.41) is 4.47. The topological polar surface area (TPSA) is 69.5 Å². The van der Waals surface area contributed by atoms with Crippen molar-refractivity contribution in [3.8, 4) is 5.82 Å². The van der Waals surface area contributed by atoms with Gasteiger partial charge in [0.15, 0.2) is 12.1 Å². The predicted octanol–water partition coefficient (Wildman–Crippen LogP) is 2.62. The Morgan fingerprint density at radius 1 is 1.19 bits per heavy atom. The highest BCUT2D eigenvalue weighted by Gasteiger charge is 2.33. The van der Waals surface area contributed by atoms with E-state index in [9.17, 15) is 4.79 Å². The van der Waals surface area contributed by atoms with Crippen LogP contribution >= 0.6 is 0 Å². The monoisotopic (exact) mass is 370 g/mol. The van der Waals surface area contributed by atoms with Gasteiger partial charge < -0.3 is 14.4 Å². The van der Waals surface area contributed by atoms with Crippen LogP contribution in [0.5, 0.6) is 0 Å². The van der Waals surface area contributed by atoms with Gasteiger partial charge in [0.25, 0.3) is 5.91 Å². The first-order chi connectivity index (χ1) is 13.1. The number of carbonyl (C=O) groups excluding carboxylic acids is 1. The average Bonchev–Trinajstić information content (AvgIpc) is 3.38. The van der Waals surface area contributed by atoms with Crippen LogP contribution in [0.3, 0.4) is 0 Å². The zero-order valence-corrected chi connectivity index (χ0v) is 15.9. The molecule has 2 aliphatic heterocycles. The number of carbonyl (C=O) groups is 1. The van der Waals surface area contributed by atoms with Gasteiger partial charge in [0, 0.05) is 25.2 Å². The fourth-order valence-electron chi connectivity index (χ4n) is 3.93. The average molecular weight is 370 g/mol. The van der Waals surface area contributed by atoms with Crippen LogP contribution in [0.2, 0.25) is 0 Å². The Labute approximate surface area is 159 Å². The molecule has 0 unspecified atom stereocenters. The molecule has 144 valence electrons. The number of piperidine rings is 1. The third-order valence-corrected chi connectivity index (χ3v) is 5.31. The highest BCUT2D eigenvalue weighted by molar-refractivity contribution is 5.95. The number of pyridine rings is 1. The van der Waals surface area contributed by atoms with Crippen molar-refractivity contribution in [3.05, 3.63) is 41.9 Å². The van der Waals surface area contributed by atoms with Gasteiger partial charge in [0.2, 0.25) is 0 Å². The van der Waals surface area contributed by atoms with Gasteiger partial charge in [0.05, 0.1) is 30.7 Å². The van der Waals surface area contributed by atoms with Gasteiger partial charge in [-0.05, 0) is 30.9 Å². The normalized spacial score (nSPS) is 19.1. The van der Waals surface area contributed by atoms with Crippen LogP contribution in [-0.4, -0.2) is 58.2 Å². The zero-order valence-electron chi connectivity index (χ0n) is 15.9. The molecule has 2 aliphatic rings. The SMILES string of the molecule is CC(C)c1c(C(=O)N2CCC(C3OCCO3)CC2)cnn1-c1ccccn1. The van der Waals surface area contributed by atoms with Crippen LogP contribution in [-0.2, 0) is 9.47 Å². The van der Waals surface area contributed by atoms with Crippen molar-refractivity contribution in [2.75, 3.05) is 26.3 Å². The predicted molar refractivity (Wildman–Crippen MR) is 99.8 cm³/mol. The van der Waals surface area contributed by atoms with E-state index in [1.54, 1.807) is 17.1 Å². The van der Waals surface area contributed by atoms with E-state index in [2.05, 4.69) is 23.9 Å². The van der Waals surface area contributed by atoms with E-state index in [0.717, 1.165) is 37.4 Å². The number of ether oxygens (including phenoxy) is 2. The Bertz CT molecular complexity index is 776. The van der Waals surface area contributed by atoms with Gasteiger partial charge in [-0.2, -0.15) is 5.10 Å². The maximum atomic E-state index is 13.2. The molecule has 0 aliphatic carbocycles. The molecule has 1 amide bonds. The molecular weight excluding hydrogens is 344 g/mol. The molecule has 0 bridgehead atoms. The fraction of sp³-hybridized carbons (Fsp3) is 0.550. The van der Waals surface area contributed by atoms with Gasteiger partial charge >= 0.3 is 0 Å². The molecule has 4 heterocycles. The minimum absolute atomic E-state index is 0.0487. The van der Waals surface area contributed by atoms with Crippen LogP contribution in [0.4, 0.5) is 0 Å². The first-order valence-corrected chi connectivity index (χ1v) is 9.67. The molecule has 2 aromatic rings. The van der Waals surface area contributed by atoms with Crippen molar-refractivity contribution >= 4 is 5.91 Å². The molecule has 2 fully saturated rings. The van der Waals surface area contributed by atoms with Crippen LogP contribution in [0.1, 0.15) is 48.7 Å². The van der Waals surface area contributed by atoms with Crippen molar-refractivity contribution in [3.63, 3.8) is 0 Å². The summed E-state index contributed by atoms with van der Waals surface area (Å²) in [5.74, 6) is 1.31. The molecule has 7 heteroatoms. The lowest BCUT2D eigenvalue weighted by atomic mass is 9.95. The smallest absolute Gasteiger partial charge is 0.257 e. The van der Waals surface area contributed by atoms with E-state index in [1.807, 2.05) is 23.1 Å². The molecule has 4 rings (SSSR count). The van der Waals surface area contributed by atoms with Gasteiger partial charge in [0.1, 0.15) is 0 Å². The maximum absolute atomic E-state index is 13.2. The van der Waals surface area contributed by atoms with Gasteiger partial charge in [-0.25, -0.2) is 9.67 Å². The lowest BCUT2D eigenvalue weighted by Gasteiger charge is -2.34. The van der Waals surface area contributed by atoms with Gasteiger partial charge in [-0.3, -0.25) is 4.79 Å². The number of rotatable bonds is 4. The summed E-state index contributed by atoms with van der Waals surface area (Å²) < 4.78 is 13.0. The second-order valence-corrected chi connectivity index (χ2v) is 7.44. The number of hydrogen-bond donors (Lipinski definition) is 0. The Hall–Kier alpha value is -2.25. The third-order valence-electron chi connectivity index (χ3n) is 5.31. The molecular formula is C20H26N4O3. The van der Waals surface area contributed by atoms with E-state index in [4.69, 9.17) is 9.47 Å². The molecule has 2 saturated heterocycles. The lowest BCUT2D eigenvalue weighted by Crippen LogP contribution is -2.41. The largest absolute Gasteiger partial charge is 0.350 e. The Kier molecular flexibility index (Phi) is 5.22. The quantitative estimate of drug-likeness (QED) is 0.827. The molecule has 0 N–H and O–H groups in total. The minimum Gasteiger partial charge on any atom is -0.350 e. The summed E-state index contributed by atoms with van der Waals surface area (Å²) in [6.45, 7) is 6.95. The number of hydrogen-bond acceptors (Lipinski definition) is 5. The van der Waals surface area contributed by atoms with E-state index in [0.29, 0.717) is 24.7 Å². The minimum atomic E-state index is -0.0969. The highest BCUT2D eigenvalue weighted by atomic mass is 16.7. The van der Waals surface area contributed by atoms with Crippen molar-refractivity contribution in [1.82, 2.24) is 19.7 Å². The number of aromatic nitrogens is 3. The second kappa shape index (κ2) is 7.78. The summed E-state index contributed by atoms with van der Waals surface area (Å²) in [6, 6.07) is 5.70. The first kappa shape index (κ1) is 18.1. The number of likely N-dealkylation sites (tertiary alicyclic amines) is 1. The van der Waals surface area contributed by atoms with E-state index in [1.165, 1.54) is 0 Å². The van der Waals surface area contributed by atoms with Crippen molar-refractivity contribution in [1.29, 1.82) is 0 Å². The molecule has 27 heavy (non-hydrogen) atoms. The summed E-state index contributed by atoms with van der Waals surface area (Å²) >= 11 is 0. The Morgan fingerprint density at radius 2 is 1.93 bits per heavy atom. The fourth-order valence-corrected chi connectivity index (χ4v) is 3.93.